The van der Waals surface area contributed by atoms with Crippen LogP contribution in [0.4, 0.5) is 0 Å². The number of hydrogen-bond donors (Lipinski definition) is 7. The summed E-state index contributed by atoms with van der Waals surface area (Å²) in [5.41, 5.74) is 12.9. The van der Waals surface area contributed by atoms with E-state index in [2.05, 4.69) is 15.3 Å². The van der Waals surface area contributed by atoms with Crippen LogP contribution >= 0.6 is 0 Å². The summed E-state index contributed by atoms with van der Waals surface area (Å²) in [6.07, 6.45) is 0.348. The number of amidine groups is 1. The maximum atomic E-state index is 10.5. The lowest BCUT2D eigenvalue weighted by molar-refractivity contribution is -0.830. The molecule has 0 amide bonds. The van der Waals surface area contributed by atoms with E-state index in [1.165, 1.54) is 4.58 Å². The quantitative estimate of drug-likeness (QED) is 0.0877. The molecule has 1 saturated heterocycles. The zero-order valence-corrected chi connectivity index (χ0v) is 11.8. The molecule has 0 aromatic rings. The summed E-state index contributed by atoms with van der Waals surface area (Å²) < 4.78 is 1.51. The van der Waals surface area contributed by atoms with Crippen molar-refractivity contribution in [3.8, 4) is 0 Å². The standard InChI is InChI=1S/C11H18N6O5/c12-8-3-6-7(4-14-22-5-18)17(21)9(13)16-2-1-10(19,20)11(6,16)15-8/h5-7,13-14,19-21H,1-4H2,(H2,12,15)/p+2/t6-,7-,11-/m0/s1. The van der Waals surface area contributed by atoms with Crippen LogP contribution in [-0.2, 0) is 9.63 Å². The van der Waals surface area contributed by atoms with Crippen molar-refractivity contribution in [2.75, 3.05) is 13.1 Å². The smallest absolute Gasteiger partial charge is 0.373 e. The maximum Gasteiger partial charge on any atom is 0.378 e. The Kier molecular flexibility index (Phi) is 3.25. The summed E-state index contributed by atoms with van der Waals surface area (Å²) in [5.74, 6) is -2.23. The molecule has 0 aromatic heterocycles. The Morgan fingerprint density at radius 1 is 1.55 bits per heavy atom. The predicted molar refractivity (Wildman–Crippen MR) is 69.7 cm³/mol. The number of rotatable bonds is 4. The molecule has 0 saturated carbocycles. The van der Waals surface area contributed by atoms with Gasteiger partial charge in [-0.15, -0.1) is 10.5 Å². The van der Waals surface area contributed by atoms with E-state index in [4.69, 9.17) is 11.5 Å². The average Bonchev–Trinajstić information content (AvgIpc) is 2.93. The van der Waals surface area contributed by atoms with E-state index in [0.29, 0.717) is 12.3 Å². The minimum Gasteiger partial charge on any atom is -0.373 e. The topological polar surface area (TPSA) is 171 Å². The lowest BCUT2D eigenvalue weighted by Crippen LogP contribution is -2.97. The molecule has 3 aliphatic heterocycles. The lowest BCUT2D eigenvalue weighted by Gasteiger charge is -2.42. The number of aliphatic hydroxyl groups is 2. The summed E-state index contributed by atoms with van der Waals surface area (Å²) in [6.45, 7) is 0.490. The SMILES string of the molecule is NC1=[NH+][C@@]23[C@@H](C1)[C@H](CNOC=O)N(O)C(N)=[N+]2CCC3(O)O. The molecule has 3 heterocycles. The van der Waals surface area contributed by atoms with Crippen molar-refractivity contribution in [1.29, 1.82) is 0 Å². The van der Waals surface area contributed by atoms with Gasteiger partial charge >= 0.3 is 12.4 Å². The molecule has 0 bridgehead atoms. The number of hydroxylamine groups is 3. The van der Waals surface area contributed by atoms with Crippen LogP contribution in [0.5, 0.6) is 0 Å². The van der Waals surface area contributed by atoms with Gasteiger partial charge in [-0.3, -0.25) is 16.3 Å². The Hall–Kier alpha value is -1.95. The Bertz CT molecular complexity index is 563. The molecule has 9 N–H and O–H groups in total. The maximum absolute atomic E-state index is 10.5. The van der Waals surface area contributed by atoms with E-state index in [0.717, 1.165) is 5.06 Å². The van der Waals surface area contributed by atoms with Gasteiger partial charge in [-0.05, 0) is 0 Å². The summed E-state index contributed by atoms with van der Waals surface area (Å²) >= 11 is 0. The van der Waals surface area contributed by atoms with Crippen LogP contribution in [0.25, 0.3) is 0 Å². The molecular weight excluding hydrogens is 296 g/mol. The molecule has 0 aromatic carbocycles. The zero-order chi connectivity index (χ0) is 16.1. The van der Waals surface area contributed by atoms with Crippen molar-refractivity contribution in [3.63, 3.8) is 0 Å². The van der Waals surface area contributed by atoms with Gasteiger partial charge in [0.25, 0.3) is 5.66 Å². The summed E-state index contributed by atoms with van der Waals surface area (Å²) in [7, 11) is 0. The second-order valence-electron chi connectivity index (χ2n) is 5.78. The van der Waals surface area contributed by atoms with E-state index in [9.17, 15) is 20.2 Å². The number of carbonyl (C=O) groups is 1. The van der Waals surface area contributed by atoms with Crippen molar-refractivity contribution in [2.24, 2.45) is 17.4 Å². The number of nitrogens with zero attached hydrogens (tertiary/aromatic N) is 2. The van der Waals surface area contributed by atoms with Gasteiger partial charge in [0.15, 0.2) is 0 Å². The van der Waals surface area contributed by atoms with Crippen LogP contribution < -0.4 is 21.9 Å². The first-order valence-electron chi connectivity index (χ1n) is 6.89. The van der Waals surface area contributed by atoms with Crippen molar-refractivity contribution in [3.05, 3.63) is 0 Å². The van der Waals surface area contributed by atoms with Gasteiger partial charge in [-0.2, -0.15) is 0 Å². The van der Waals surface area contributed by atoms with Crippen molar-refractivity contribution >= 4 is 18.3 Å². The van der Waals surface area contributed by atoms with Crippen LogP contribution in [0.1, 0.15) is 12.8 Å². The van der Waals surface area contributed by atoms with Gasteiger partial charge in [-0.25, -0.2) is 14.8 Å². The fourth-order valence-corrected chi connectivity index (χ4v) is 3.86. The van der Waals surface area contributed by atoms with E-state index in [1.54, 1.807) is 0 Å². The Morgan fingerprint density at radius 3 is 2.95 bits per heavy atom. The number of nitrogens with one attached hydrogen (secondary N) is 2. The van der Waals surface area contributed by atoms with Crippen LogP contribution in [-0.4, -0.2) is 73.9 Å². The Balaban J connectivity index is 2.05. The third kappa shape index (κ3) is 1.73. The van der Waals surface area contributed by atoms with Crippen LogP contribution in [0.15, 0.2) is 0 Å². The highest BCUT2D eigenvalue weighted by atomic mass is 16.7. The third-order valence-corrected chi connectivity index (χ3v) is 4.76. The molecule has 1 fully saturated rings. The zero-order valence-electron chi connectivity index (χ0n) is 11.8. The molecule has 1 spiro atoms. The van der Waals surface area contributed by atoms with Crippen LogP contribution in [0.3, 0.4) is 0 Å². The Labute approximate surface area is 125 Å². The molecule has 3 rings (SSSR count). The first kappa shape index (κ1) is 15.0. The van der Waals surface area contributed by atoms with Gasteiger partial charge in [0, 0.05) is 6.42 Å². The molecule has 22 heavy (non-hydrogen) atoms. The highest BCUT2D eigenvalue weighted by Gasteiger charge is 2.74. The number of guanidine groups is 1. The highest BCUT2D eigenvalue weighted by molar-refractivity contribution is 5.78. The van der Waals surface area contributed by atoms with E-state index < -0.39 is 23.4 Å². The first-order valence-corrected chi connectivity index (χ1v) is 6.89. The van der Waals surface area contributed by atoms with Crippen molar-refractivity contribution in [1.82, 2.24) is 10.5 Å². The van der Waals surface area contributed by atoms with Gasteiger partial charge in [0.1, 0.15) is 6.04 Å². The van der Waals surface area contributed by atoms with Gasteiger partial charge in [-0.1, -0.05) is 0 Å². The molecule has 11 heteroatoms. The first-order chi connectivity index (χ1) is 10.3. The second-order valence-corrected chi connectivity index (χ2v) is 5.78. The summed E-state index contributed by atoms with van der Waals surface area (Å²) in [4.78, 5) is 17.6. The molecule has 0 aliphatic carbocycles. The van der Waals surface area contributed by atoms with E-state index >= 15 is 0 Å². The Morgan fingerprint density at radius 2 is 2.27 bits per heavy atom. The molecule has 11 nitrogen and oxygen atoms in total. The average molecular weight is 316 g/mol. The van der Waals surface area contributed by atoms with E-state index in [-0.39, 0.29) is 31.9 Å². The van der Waals surface area contributed by atoms with Crippen molar-refractivity contribution in [2.45, 2.75) is 30.3 Å². The molecule has 3 aliphatic rings. The highest BCUT2D eigenvalue weighted by Crippen LogP contribution is 2.42. The number of carbonyl (C=O) groups excluding carboxylic acids is 1. The fraction of sp³-hybridized carbons (Fsp3) is 0.727. The molecule has 122 valence electrons. The van der Waals surface area contributed by atoms with E-state index in [1.807, 2.05) is 0 Å². The van der Waals surface area contributed by atoms with Crippen LogP contribution in [0.2, 0.25) is 0 Å². The molecular formula is C11H20N6O5+2. The molecule has 3 atom stereocenters. The third-order valence-electron chi connectivity index (χ3n) is 4.76. The fourth-order valence-electron chi connectivity index (χ4n) is 3.86. The van der Waals surface area contributed by atoms with Gasteiger partial charge in [0.2, 0.25) is 11.6 Å². The van der Waals surface area contributed by atoms with Gasteiger partial charge < -0.3 is 15.1 Å². The summed E-state index contributed by atoms with van der Waals surface area (Å²) in [5, 5.41) is 32.1. The molecule has 0 radical (unpaired) electrons. The number of nitrogens with two attached hydrogens (primary N) is 2. The largest absolute Gasteiger partial charge is 0.378 e. The predicted octanol–water partition coefficient (Wildman–Crippen LogP) is -5.70. The lowest BCUT2D eigenvalue weighted by atomic mass is 9.80. The van der Waals surface area contributed by atoms with Crippen molar-refractivity contribution < 1.29 is 34.6 Å². The van der Waals surface area contributed by atoms with Gasteiger partial charge in [0.05, 0.1) is 25.4 Å². The normalized spacial score (nSPS) is 36.0. The monoisotopic (exact) mass is 316 g/mol. The van der Waals surface area contributed by atoms with Crippen LogP contribution in [0, 0.1) is 5.92 Å². The molecule has 0 unspecified atom stereocenters. The minimum atomic E-state index is -2.07. The number of hydrogen-bond acceptors (Lipinski definition) is 9. The second kappa shape index (κ2) is 4.78. The summed E-state index contributed by atoms with van der Waals surface area (Å²) in [6, 6.07) is -0.679. The minimum absolute atomic E-state index is 0.0265.